The van der Waals surface area contributed by atoms with Gasteiger partial charge in [0.1, 0.15) is 5.69 Å². The molecule has 0 aliphatic carbocycles. The van der Waals surface area contributed by atoms with Crippen molar-refractivity contribution in [3.63, 3.8) is 0 Å². The molecule has 0 fully saturated rings. The zero-order chi connectivity index (χ0) is 17.9. The molecule has 130 valence electrons. The Bertz CT molecular complexity index is 1050. The SMILES string of the molecule is CCc1nnc(COC(=O)c2cc(-c3ccco3)nc3ccccc23)o1. The molecule has 7 nitrogen and oxygen atoms in total. The second kappa shape index (κ2) is 6.79. The second-order valence-corrected chi connectivity index (χ2v) is 5.57. The molecule has 0 atom stereocenters. The van der Waals surface area contributed by atoms with Crippen LogP contribution in [-0.2, 0) is 17.8 Å². The van der Waals surface area contributed by atoms with Crippen LogP contribution in [0.4, 0.5) is 0 Å². The molecule has 3 heterocycles. The lowest BCUT2D eigenvalue weighted by atomic mass is 10.1. The van der Waals surface area contributed by atoms with Crippen LogP contribution in [0.2, 0.25) is 0 Å². The summed E-state index contributed by atoms with van der Waals surface area (Å²) in [7, 11) is 0. The average molecular weight is 349 g/mol. The zero-order valence-electron chi connectivity index (χ0n) is 14.0. The summed E-state index contributed by atoms with van der Waals surface area (Å²) in [4.78, 5) is 17.2. The largest absolute Gasteiger partial charge is 0.463 e. The highest BCUT2D eigenvalue weighted by molar-refractivity contribution is 6.04. The van der Waals surface area contributed by atoms with Gasteiger partial charge in [0.05, 0.1) is 17.3 Å². The van der Waals surface area contributed by atoms with E-state index in [1.54, 1.807) is 24.5 Å². The number of pyridine rings is 1. The van der Waals surface area contributed by atoms with Gasteiger partial charge in [-0.2, -0.15) is 0 Å². The van der Waals surface area contributed by atoms with E-state index >= 15 is 0 Å². The molecular weight excluding hydrogens is 334 g/mol. The maximum atomic E-state index is 12.7. The van der Waals surface area contributed by atoms with Crippen molar-refractivity contribution in [3.05, 3.63) is 66.1 Å². The summed E-state index contributed by atoms with van der Waals surface area (Å²) in [5.41, 5.74) is 1.64. The fourth-order valence-electron chi connectivity index (χ4n) is 2.59. The van der Waals surface area contributed by atoms with Crippen LogP contribution in [0.5, 0.6) is 0 Å². The summed E-state index contributed by atoms with van der Waals surface area (Å²) < 4.78 is 16.1. The van der Waals surface area contributed by atoms with Crippen molar-refractivity contribution in [3.8, 4) is 11.5 Å². The molecule has 3 aromatic heterocycles. The van der Waals surface area contributed by atoms with Crippen molar-refractivity contribution < 1.29 is 18.4 Å². The summed E-state index contributed by atoms with van der Waals surface area (Å²) in [6, 6.07) is 12.6. The minimum Gasteiger partial charge on any atom is -0.463 e. The van der Waals surface area contributed by atoms with Gasteiger partial charge in [0.2, 0.25) is 5.89 Å². The van der Waals surface area contributed by atoms with E-state index in [1.165, 1.54) is 0 Å². The van der Waals surface area contributed by atoms with E-state index in [2.05, 4.69) is 15.2 Å². The predicted octanol–water partition coefficient (Wildman–Crippen LogP) is 3.80. The predicted molar refractivity (Wildman–Crippen MR) is 92.2 cm³/mol. The molecule has 4 rings (SSSR count). The van der Waals surface area contributed by atoms with E-state index in [0.717, 1.165) is 0 Å². The number of nitrogens with zero attached hydrogens (tertiary/aromatic N) is 3. The van der Waals surface area contributed by atoms with Gasteiger partial charge in [-0.05, 0) is 24.3 Å². The highest BCUT2D eigenvalue weighted by Gasteiger charge is 2.17. The molecular formula is C19H15N3O4. The normalized spacial score (nSPS) is 11.0. The molecule has 7 heteroatoms. The lowest BCUT2D eigenvalue weighted by molar-refractivity contribution is 0.0439. The number of furan rings is 1. The first-order valence-corrected chi connectivity index (χ1v) is 8.16. The number of aromatic nitrogens is 3. The Balaban J connectivity index is 1.66. The van der Waals surface area contributed by atoms with Gasteiger partial charge in [-0.3, -0.25) is 0 Å². The Morgan fingerprint density at radius 3 is 2.73 bits per heavy atom. The monoisotopic (exact) mass is 349 g/mol. The highest BCUT2D eigenvalue weighted by atomic mass is 16.5. The van der Waals surface area contributed by atoms with E-state index in [4.69, 9.17) is 13.6 Å². The van der Waals surface area contributed by atoms with Gasteiger partial charge in [-0.15, -0.1) is 10.2 Å². The first-order valence-electron chi connectivity index (χ1n) is 8.16. The molecule has 4 aromatic rings. The molecule has 0 N–H and O–H groups in total. The minimum atomic E-state index is -0.493. The van der Waals surface area contributed by atoms with Gasteiger partial charge in [0, 0.05) is 11.8 Å². The quantitative estimate of drug-likeness (QED) is 0.506. The molecule has 0 saturated heterocycles. The number of rotatable bonds is 5. The molecule has 0 aliphatic heterocycles. The number of aryl methyl sites for hydroxylation is 1. The third kappa shape index (κ3) is 3.06. The maximum Gasteiger partial charge on any atom is 0.339 e. The van der Waals surface area contributed by atoms with Gasteiger partial charge in [0.15, 0.2) is 12.4 Å². The second-order valence-electron chi connectivity index (χ2n) is 5.57. The fraction of sp³-hybridized carbons (Fsp3) is 0.158. The highest BCUT2D eigenvalue weighted by Crippen LogP contribution is 2.25. The smallest absolute Gasteiger partial charge is 0.339 e. The van der Waals surface area contributed by atoms with Crippen LogP contribution in [0, 0.1) is 0 Å². The minimum absolute atomic E-state index is 0.0848. The van der Waals surface area contributed by atoms with E-state index in [1.807, 2.05) is 31.2 Å². The summed E-state index contributed by atoms with van der Waals surface area (Å²) in [6.07, 6.45) is 2.19. The Labute approximate surface area is 148 Å². The lowest BCUT2D eigenvalue weighted by Gasteiger charge is -2.08. The summed E-state index contributed by atoms with van der Waals surface area (Å²) in [5, 5.41) is 8.41. The average Bonchev–Trinajstić information content (AvgIpc) is 3.37. The number of esters is 1. The van der Waals surface area contributed by atoms with Crippen LogP contribution in [0.15, 0.2) is 57.6 Å². The van der Waals surface area contributed by atoms with E-state index in [-0.39, 0.29) is 12.5 Å². The van der Waals surface area contributed by atoms with Crippen molar-refractivity contribution in [2.75, 3.05) is 0 Å². The Kier molecular flexibility index (Phi) is 4.18. The van der Waals surface area contributed by atoms with Crippen LogP contribution >= 0.6 is 0 Å². The van der Waals surface area contributed by atoms with E-state index < -0.39 is 5.97 Å². The van der Waals surface area contributed by atoms with Crippen LogP contribution in [0.1, 0.15) is 29.1 Å². The van der Waals surface area contributed by atoms with Crippen LogP contribution in [0.3, 0.4) is 0 Å². The van der Waals surface area contributed by atoms with Crippen molar-refractivity contribution in [1.29, 1.82) is 0 Å². The summed E-state index contributed by atoms with van der Waals surface area (Å²) in [6.45, 7) is 1.82. The number of hydrogen-bond donors (Lipinski definition) is 0. The van der Waals surface area contributed by atoms with Crippen molar-refractivity contribution in [1.82, 2.24) is 15.2 Å². The standard InChI is InChI=1S/C19H15N3O4/c1-2-17-21-22-18(26-17)11-25-19(23)13-10-15(16-8-5-9-24-16)20-14-7-4-3-6-12(13)14/h3-10H,2,11H2,1H3. The van der Waals surface area contributed by atoms with Gasteiger partial charge in [-0.1, -0.05) is 25.1 Å². The van der Waals surface area contributed by atoms with Crippen molar-refractivity contribution in [2.45, 2.75) is 20.0 Å². The van der Waals surface area contributed by atoms with Crippen molar-refractivity contribution in [2.24, 2.45) is 0 Å². The van der Waals surface area contributed by atoms with Gasteiger partial charge >= 0.3 is 5.97 Å². The van der Waals surface area contributed by atoms with Crippen LogP contribution in [-0.4, -0.2) is 21.2 Å². The first-order chi connectivity index (χ1) is 12.7. The van der Waals surface area contributed by atoms with Gasteiger partial charge in [0.25, 0.3) is 5.89 Å². The molecule has 0 radical (unpaired) electrons. The molecule has 1 aromatic carbocycles. The number of ether oxygens (including phenoxy) is 1. The number of fused-ring (bicyclic) bond motifs is 1. The van der Waals surface area contributed by atoms with Crippen LogP contribution < -0.4 is 0 Å². The lowest BCUT2D eigenvalue weighted by Crippen LogP contribution is -2.07. The molecule has 0 saturated carbocycles. The third-order valence-electron chi connectivity index (χ3n) is 3.85. The number of para-hydroxylation sites is 1. The fourth-order valence-corrected chi connectivity index (χ4v) is 2.59. The number of carbonyl (C=O) groups is 1. The van der Waals surface area contributed by atoms with E-state index in [9.17, 15) is 4.79 Å². The number of benzene rings is 1. The maximum absolute atomic E-state index is 12.7. The topological polar surface area (TPSA) is 91.2 Å². The Hall–Kier alpha value is -3.48. The third-order valence-corrected chi connectivity index (χ3v) is 3.85. The zero-order valence-corrected chi connectivity index (χ0v) is 14.0. The first kappa shape index (κ1) is 16.0. The van der Waals surface area contributed by atoms with Gasteiger partial charge in [-0.25, -0.2) is 9.78 Å². The molecule has 0 amide bonds. The molecule has 0 spiro atoms. The van der Waals surface area contributed by atoms with E-state index in [0.29, 0.717) is 40.2 Å². The Morgan fingerprint density at radius 2 is 1.96 bits per heavy atom. The molecule has 26 heavy (non-hydrogen) atoms. The van der Waals surface area contributed by atoms with Crippen LogP contribution in [0.25, 0.3) is 22.4 Å². The Morgan fingerprint density at radius 1 is 1.12 bits per heavy atom. The molecule has 0 bridgehead atoms. The number of hydrogen-bond acceptors (Lipinski definition) is 7. The molecule has 0 unspecified atom stereocenters. The summed E-state index contributed by atoms with van der Waals surface area (Å²) in [5.74, 6) is 0.854. The molecule has 0 aliphatic rings. The van der Waals surface area contributed by atoms with Gasteiger partial charge < -0.3 is 13.6 Å². The number of carbonyl (C=O) groups excluding carboxylic acids is 1. The summed E-state index contributed by atoms with van der Waals surface area (Å²) >= 11 is 0. The van der Waals surface area contributed by atoms with Crippen molar-refractivity contribution >= 4 is 16.9 Å².